The summed E-state index contributed by atoms with van der Waals surface area (Å²) in [6.45, 7) is 4.40. The Kier molecular flexibility index (Phi) is 6.02. The highest BCUT2D eigenvalue weighted by atomic mass is 32.2. The summed E-state index contributed by atoms with van der Waals surface area (Å²) in [6, 6.07) is 7.32. The Morgan fingerprint density at radius 2 is 2.09 bits per heavy atom. The summed E-state index contributed by atoms with van der Waals surface area (Å²) in [5.41, 5.74) is 0.745. The normalized spacial score (nSPS) is 11.8. The maximum Gasteiger partial charge on any atom is 0.237 e. The number of carbonyl (C=O) groups excluding carboxylic acids is 1. The minimum absolute atomic E-state index is 0.0737. The fourth-order valence-corrected chi connectivity index (χ4v) is 3.46. The highest BCUT2D eigenvalue weighted by Crippen LogP contribution is 2.29. The standard InChI is InChI=1S/C14H18N4O2S2/c1-4-20-11-7-5-10(6-8-11)16-12(19)9(2)21-14-18-17-13(15-3)22-14/h5-9H,4H2,1-3H3,(H,15,17)(H,16,19)/t9-/m1/s1. The largest absolute Gasteiger partial charge is 0.494 e. The molecule has 1 aromatic carbocycles. The molecule has 2 rings (SSSR count). The quantitative estimate of drug-likeness (QED) is 0.756. The zero-order valence-electron chi connectivity index (χ0n) is 12.6. The van der Waals surface area contributed by atoms with E-state index >= 15 is 0 Å². The van der Waals surface area contributed by atoms with Crippen LogP contribution in [0.1, 0.15) is 13.8 Å². The summed E-state index contributed by atoms with van der Waals surface area (Å²) in [6.07, 6.45) is 0. The van der Waals surface area contributed by atoms with Crippen LogP contribution in [0.4, 0.5) is 10.8 Å². The van der Waals surface area contributed by atoms with Gasteiger partial charge in [-0.15, -0.1) is 10.2 Å². The highest BCUT2D eigenvalue weighted by molar-refractivity contribution is 8.02. The number of rotatable bonds is 7. The van der Waals surface area contributed by atoms with Gasteiger partial charge in [0.05, 0.1) is 11.9 Å². The molecule has 2 aromatic rings. The van der Waals surface area contributed by atoms with E-state index in [0.717, 1.165) is 20.9 Å². The first-order chi connectivity index (χ1) is 10.6. The number of carbonyl (C=O) groups is 1. The molecule has 0 spiro atoms. The van der Waals surface area contributed by atoms with Gasteiger partial charge in [-0.3, -0.25) is 4.79 Å². The molecule has 0 bridgehead atoms. The van der Waals surface area contributed by atoms with Crippen molar-refractivity contribution in [1.29, 1.82) is 0 Å². The predicted molar refractivity (Wildman–Crippen MR) is 91.0 cm³/mol. The molecule has 22 heavy (non-hydrogen) atoms. The van der Waals surface area contributed by atoms with Crippen LogP contribution >= 0.6 is 23.1 Å². The van der Waals surface area contributed by atoms with Crippen molar-refractivity contribution in [2.75, 3.05) is 24.3 Å². The summed E-state index contributed by atoms with van der Waals surface area (Å²) < 4.78 is 6.13. The highest BCUT2D eigenvalue weighted by Gasteiger charge is 2.17. The van der Waals surface area contributed by atoms with Crippen LogP contribution in [0.5, 0.6) is 5.75 Å². The van der Waals surface area contributed by atoms with Crippen LogP contribution in [0, 0.1) is 0 Å². The zero-order chi connectivity index (χ0) is 15.9. The average Bonchev–Trinajstić information content (AvgIpc) is 2.97. The minimum atomic E-state index is -0.260. The van der Waals surface area contributed by atoms with Gasteiger partial charge in [-0.2, -0.15) is 0 Å². The molecule has 1 aromatic heterocycles. The van der Waals surface area contributed by atoms with Crippen LogP contribution in [0.25, 0.3) is 0 Å². The van der Waals surface area contributed by atoms with E-state index in [9.17, 15) is 4.79 Å². The lowest BCUT2D eigenvalue weighted by Gasteiger charge is -2.11. The van der Waals surface area contributed by atoms with E-state index in [1.165, 1.54) is 23.1 Å². The number of aromatic nitrogens is 2. The van der Waals surface area contributed by atoms with Gasteiger partial charge < -0.3 is 15.4 Å². The molecule has 1 atom stereocenters. The Hall–Kier alpha value is -1.80. The van der Waals surface area contributed by atoms with E-state index in [0.29, 0.717) is 6.61 Å². The fraction of sp³-hybridized carbons (Fsp3) is 0.357. The molecular weight excluding hydrogens is 320 g/mol. The third kappa shape index (κ3) is 4.60. The zero-order valence-corrected chi connectivity index (χ0v) is 14.3. The SMILES string of the molecule is CCOc1ccc(NC(=O)[C@@H](C)Sc2nnc(NC)s2)cc1. The van der Waals surface area contributed by atoms with E-state index in [4.69, 9.17) is 4.74 Å². The second-order valence-electron chi connectivity index (χ2n) is 4.33. The molecule has 0 aliphatic rings. The maximum absolute atomic E-state index is 12.2. The molecule has 0 aliphatic carbocycles. The van der Waals surface area contributed by atoms with Crippen molar-refractivity contribution < 1.29 is 9.53 Å². The van der Waals surface area contributed by atoms with Crippen molar-refractivity contribution in [3.63, 3.8) is 0 Å². The number of amides is 1. The number of hydrogen-bond acceptors (Lipinski definition) is 7. The van der Waals surface area contributed by atoms with Crippen LogP contribution in [-0.4, -0.2) is 35.0 Å². The fourth-order valence-electron chi connectivity index (χ4n) is 1.61. The van der Waals surface area contributed by atoms with E-state index in [1.54, 1.807) is 7.05 Å². The monoisotopic (exact) mass is 338 g/mol. The molecule has 1 amide bonds. The second kappa shape index (κ2) is 8.00. The molecule has 118 valence electrons. The predicted octanol–water partition coefficient (Wildman–Crippen LogP) is 3.10. The maximum atomic E-state index is 12.2. The molecule has 0 aliphatic heterocycles. The Balaban J connectivity index is 1.90. The third-order valence-corrected chi connectivity index (χ3v) is 4.82. The van der Waals surface area contributed by atoms with Crippen LogP contribution in [0.15, 0.2) is 28.6 Å². The van der Waals surface area contributed by atoms with Gasteiger partial charge >= 0.3 is 0 Å². The van der Waals surface area contributed by atoms with Crippen molar-refractivity contribution in [1.82, 2.24) is 10.2 Å². The van der Waals surface area contributed by atoms with Gasteiger partial charge in [-0.25, -0.2) is 0 Å². The summed E-state index contributed by atoms with van der Waals surface area (Å²) in [4.78, 5) is 12.2. The van der Waals surface area contributed by atoms with Gasteiger partial charge in [-0.1, -0.05) is 23.1 Å². The first-order valence-electron chi connectivity index (χ1n) is 6.84. The molecule has 0 radical (unpaired) electrons. The van der Waals surface area contributed by atoms with Crippen molar-refractivity contribution in [3.05, 3.63) is 24.3 Å². The number of nitrogens with one attached hydrogen (secondary N) is 2. The second-order valence-corrected chi connectivity index (χ2v) is 6.90. The molecule has 2 N–H and O–H groups in total. The number of benzene rings is 1. The number of anilines is 2. The van der Waals surface area contributed by atoms with Gasteiger partial charge in [-0.05, 0) is 38.1 Å². The molecule has 1 heterocycles. The Labute approximate surface area is 137 Å². The number of thioether (sulfide) groups is 1. The van der Waals surface area contributed by atoms with Crippen LogP contribution in [0.2, 0.25) is 0 Å². The topological polar surface area (TPSA) is 76.1 Å². The van der Waals surface area contributed by atoms with E-state index in [2.05, 4.69) is 20.8 Å². The van der Waals surface area contributed by atoms with E-state index in [-0.39, 0.29) is 11.2 Å². The van der Waals surface area contributed by atoms with Crippen molar-refractivity contribution in [2.24, 2.45) is 0 Å². The van der Waals surface area contributed by atoms with Gasteiger partial charge in [0.2, 0.25) is 11.0 Å². The van der Waals surface area contributed by atoms with Gasteiger partial charge in [0, 0.05) is 12.7 Å². The number of ether oxygens (including phenoxy) is 1. The molecule has 0 fully saturated rings. The van der Waals surface area contributed by atoms with Crippen LogP contribution in [-0.2, 0) is 4.79 Å². The Morgan fingerprint density at radius 1 is 1.36 bits per heavy atom. The molecule has 8 heteroatoms. The first kappa shape index (κ1) is 16.6. The summed E-state index contributed by atoms with van der Waals surface area (Å²) in [7, 11) is 1.79. The molecular formula is C14H18N4O2S2. The van der Waals surface area contributed by atoms with Crippen molar-refractivity contribution in [3.8, 4) is 5.75 Å². The van der Waals surface area contributed by atoms with Crippen LogP contribution < -0.4 is 15.4 Å². The Morgan fingerprint density at radius 3 is 2.68 bits per heavy atom. The van der Waals surface area contributed by atoms with Gasteiger partial charge in [0.1, 0.15) is 5.75 Å². The number of nitrogens with zero attached hydrogens (tertiary/aromatic N) is 2. The summed E-state index contributed by atoms with van der Waals surface area (Å²) in [5, 5.41) is 14.2. The first-order valence-corrected chi connectivity index (χ1v) is 8.53. The van der Waals surface area contributed by atoms with Crippen molar-refractivity contribution >= 4 is 39.8 Å². The van der Waals surface area contributed by atoms with Crippen LogP contribution in [0.3, 0.4) is 0 Å². The van der Waals surface area contributed by atoms with E-state index < -0.39 is 0 Å². The number of hydrogen-bond donors (Lipinski definition) is 2. The summed E-state index contributed by atoms with van der Waals surface area (Å²) >= 11 is 2.81. The average molecular weight is 338 g/mol. The van der Waals surface area contributed by atoms with Gasteiger partial charge in [0.25, 0.3) is 0 Å². The minimum Gasteiger partial charge on any atom is -0.494 e. The smallest absolute Gasteiger partial charge is 0.237 e. The van der Waals surface area contributed by atoms with Gasteiger partial charge in [0.15, 0.2) is 4.34 Å². The molecule has 6 nitrogen and oxygen atoms in total. The molecule has 0 saturated carbocycles. The molecule has 0 unspecified atom stereocenters. The Bertz CT molecular complexity index is 616. The summed E-state index contributed by atoms with van der Waals surface area (Å²) in [5.74, 6) is 0.715. The molecule has 0 saturated heterocycles. The lowest BCUT2D eigenvalue weighted by molar-refractivity contribution is -0.115. The lowest BCUT2D eigenvalue weighted by atomic mass is 10.3. The lowest BCUT2D eigenvalue weighted by Crippen LogP contribution is -2.22. The third-order valence-electron chi connectivity index (χ3n) is 2.70. The van der Waals surface area contributed by atoms with E-state index in [1.807, 2.05) is 38.1 Å². The van der Waals surface area contributed by atoms with Crippen molar-refractivity contribution in [2.45, 2.75) is 23.4 Å².